The molecule has 0 saturated carbocycles. The largest absolute Gasteiger partial charge is 0.396 e. The maximum atomic E-state index is 12.4. The van der Waals surface area contributed by atoms with Gasteiger partial charge in [-0.2, -0.15) is 0 Å². The van der Waals surface area contributed by atoms with Crippen molar-refractivity contribution >= 4 is 6.03 Å². The van der Waals surface area contributed by atoms with Crippen LogP contribution in [0.4, 0.5) is 4.79 Å². The summed E-state index contributed by atoms with van der Waals surface area (Å²) in [6, 6.07) is 9.83. The molecular weight excluding hydrogens is 316 g/mol. The molecule has 2 rings (SSSR count). The van der Waals surface area contributed by atoms with Crippen molar-refractivity contribution in [3.8, 4) is 0 Å². The molecule has 0 saturated heterocycles. The number of nitrogens with zero attached hydrogens (tertiary/aromatic N) is 3. The molecule has 0 aliphatic rings. The number of aliphatic hydroxyl groups excluding tert-OH is 1. The van der Waals surface area contributed by atoms with E-state index in [1.807, 2.05) is 62.0 Å². The minimum Gasteiger partial charge on any atom is -0.396 e. The van der Waals surface area contributed by atoms with Crippen LogP contribution >= 0.6 is 0 Å². The standard InChI is InChI=1S/C19H28N4O2/c1-19(2,14-24)16(15-8-6-5-7-9-15)12-21-18(25)23(4)13-17-20-10-11-22(17)3/h5-11,16,24H,12-14H2,1-4H3,(H,21,25). The van der Waals surface area contributed by atoms with Crippen molar-refractivity contribution < 1.29 is 9.90 Å². The average Bonchev–Trinajstić information content (AvgIpc) is 3.00. The number of hydrogen-bond acceptors (Lipinski definition) is 3. The van der Waals surface area contributed by atoms with Gasteiger partial charge in [0, 0.05) is 45.6 Å². The fourth-order valence-electron chi connectivity index (χ4n) is 2.80. The van der Waals surface area contributed by atoms with E-state index < -0.39 is 0 Å². The van der Waals surface area contributed by atoms with E-state index in [0.29, 0.717) is 13.1 Å². The number of carbonyl (C=O) groups is 1. The van der Waals surface area contributed by atoms with Gasteiger partial charge in [-0.05, 0) is 11.0 Å². The van der Waals surface area contributed by atoms with Crippen molar-refractivity contribution in [1.29, 1.82) is 0 Å². The van der Waals surface area contributed by atoms with Crippen LogP contribution < -0.4 is 5.32 Å². The quantitative estimate of drug-likeness (QED) is 0.810. The Bertz CT molecular complexity index is 682. The van der Waals surface area contributed by atoms with Gasteiger partial charge in [-0.1, -0.05) is 44.2 Å². The van der Waals surface area contributed by atoms with Crippen LogP contribution in [-0.2, 0) is 13.6 Å². The summed E-state index contributed by atoms with van der Waals surface area (Å²) < 4.78 is 1.89. The second-order valence-corrected chi connectivity index (χ2v) is 7.11. The molecule has 0 spiro atoms. The molecule has 25 heavy (non-hydrogen) atoms. The third-order valence-corrected chi connectivity index (χ3v) is 4.66. The van der Waals surface area contributed by atoms with Gasteiger partial charge in [0.2, 0.25) is 0 Å². The number of nitrogens with one attached hydrogen (secondary N) is 1. The molecule has 0 aliphatic heterocycles. The lowest BCUT2D eigenvalue weighted by Gasteiger charge is -2.33. The van der Waals surface area contributed by atoms with E-state index in [1.54, 1.807) is 18.1 Å². The number of amides is 2. The highest BCUT2D eigenvalue weighted by Crippen LogP contribution is 2.34. The highest BCUT2D eigenvalue weighted by molar-refractivity contribution is 5.73. The van der Waals surface area contributed by atoms with E-state index >= 15 is 0 Å². The van der Waals surface area contributed by atoms with E-state index in [2.05, 4.69) is 10.3 Å². The highest BCUT2D eigenvalue weighted by atomic mass is 16.3. The Morgan fingerprint density at radius 1 is 1.36 bits per heavy atom. The van der Waals surface area contributed by atoms with Crippen LogP contribution in [0.2, 0.25) is 0 Å². The number of aromatic nitrogens is 2. The maximum absolute atomic E-state index is 12.4. The van der Waals surface area contributed by atoms with E-state index in [4.69, 9.17) is 0 Å². The first kappa shape index (κ1) is 19.0. The van der Waals surface area contributed by atoms with Gasteiger partial charge >= 0.3 is 6.03 Å². The zero-order valence-electron chi connectivity index (χ0n) is 15.4. The second kappa shape index (κ2) is 8.16. The van der Waals surface area contributed by atoms with Gasteiger partial charge in [0.05, 0.1) is 6.54 Å². The van der Waals surface area contributed by atoms with E-state index in [0.717, 1.165) is 11.4 Å². The van der Waals surface area contributed by atoms with Crippen molar-refractivity contribution in [2.24, 2.45) is 12.5 Å². The average molecular weight is 344 g/mol. The van der Waals surface area contributed by atoms with Crippen LogP contribution in [0.15, 0.2) is 42.7 Å². The summed E-state index contributed by atoms with van der Waals surface area (Å²) in [5.74, 6) is 0.845. The molecule has 1 atom stereocenters. The summed E-state index contributed by atoms with van der Waals surface area (Å²) in [5.41, 5.74) is 0.765. The monoisotopic (exact) mass is 344 g/mol. The van der Waals surface area contributed by atoms with Crippen molar-refractivity contribution in [2.75, 3.05) is 20.2 Å². The minimum absolute atomic E-state index is 0.0178. The van der Waals surface area contributed by atoms with Gasteiger partial charge in [-0.15, -0.1) is 0 Å². The highest BCUT2D eigenvalue weighted by Gasteiger charge is 2.30. The van der Waals surface area contributed by atoms with Gasteiger partial charge in [0.25, 0.3) is 0 Å². The lowest BCUT2D eigenvalue weighted by molar-refractivity contribution is 0.128. The summed E-state index contributed by atoms with van der Waals surface area (Å²) in [4.78, 5) is 18.3. The molecule has 0 bridgehead atoms. The molecule has 2 amide bonds. The zero-order valence-corrected chi connectivity index (χ0v) is 15.4. The Morgan fingerprint density at radius 3 is 2.60 bits per heavy atom. The van der Waals surface area contributed by atoms with E-state index in [9.17, 15) is 9.90 Å². The molecule has 0 aliphatic carbocycles. The van der Waals surface area contributed by atoms with Crippen LogP contribution in [0.25, 0.3) is 0 Å². The molecule has 6 nitrogen and oxygen atoms in total. The fourth-order valence-corrected chi connectivity index (χ4v) is 2.80. The zero-order chi connectivity index (χ0) is 18.4. The summed E-state index contributed by atoms with van der Waals surface area (Å²) in [7, 11) is 3.65. The molecule has 2 N–H and O–H groups in total. The number of hydrogen-bond donors (Lipinski definition) is 2. The number of benzene rings is 1. The van der Waals surface area contributed by atoms with Crippen molar-refractivity contribution in [3.63, 3.8) is 0 Å². The summed E-state index contributed by atoms with van der Waals surface area (Å²) in [5, 5.41) is 12.8. The number of aryl methyl sites for hydroxylation is 1. The van der Waals surface area contributed by atoms with Crippen LogP contribution in [-0.4, -0.2) is 45.8 Å². The van der Waals surface area contributed by atoms with Gasteiger partial charge in [-0.3, -0.25) is 0 Å². The molecule has 1 heterocycles. The Kier molecular flexibility index (Phi) is 6.20. The third kappa shape index (κ3) is 4.82. The van der Waals surface area contributed by atoms with Gasteiger partial charge in [-0.25, -0.2) is 9.78 Å². The van der Waals surface area contributed by atoms with Gasteiger partial charge < -0.3 is 19.9 Å². The lowest BCUT2D eigenvalue weighted by Crippen LogP contribution is -2.42. The second-order valence-electron chi connectivity index (χ2n) is 7.11. The van der Waals surface area contributed by atoms with Crippen LogP contribution in [0.3, 0.4) is 0 Å². The maximum Gasteiger partial charge on any atom is 0.317 e. The molecule has 2 aromatic rings. The first-order valence-corrected chi connectivity index (χ1v) is 8.46. The van der Waals surface area contributed by atoms with Crippen molar-refractivity contribution in [2.45, 2.75) is 26.3 Å². The molecule has 1 aromatic carbocycles. The summed E-state index contributed by atoms with van der Waals surface area (Å²) in [6.45, 7) is 4.96. The normalized spacial score (nSPS) is 12.7. The Balaban J connectivity index is 2.02. The summed E-state index contributed by atoms with van der Waals surface area (Å²) in [6.07, 6.45) is 3.58. The van der Waals surface area contributed by atoms with Gasteiger partial charge in [0.15, 0.2) is 0 Å². The SMILES string of the molecule is CN(Cc1nccn1C)C(=O)NCC(c1ccccc1)C(C)(C)CO. The smallest absolute Gasteiger partial charge is 0.317 e. The Hall–Kier alpha value is -2.34. The first-order chi connectivity index (χ1) is 11.8. The lowest BCUT2D eigenvalue weighted by atomic mass is 9.75. The molecule has 0 fully saturated rings. The fraction of sp³-hybridized carbons (Fsp3) is 0.474. The molecule has 136 valence electrons. The first-order valence-electron chi connectivity index (χ1n) is 8.46. The van der Waals surface area contributed by atoms with Crippen molar-refractivity contribution in [1.82, 2.24) is 19.8 Å². The molecule has 6 heteroatoms. The molecular formula is C19H28N4O2. The molecule has 1 unspecified atom stereocenters. The van der Waals surface area contributed by atoms with Crippen LogP contribution in [0, 0.1) is 5.41 Å². The summed E-state index contributed by atoms with van der Waals surface area (Å²) >= 11 is 0. The predicted octanol–water partition coefficient (Wildman–Crippen LogP) is 2.36. The minimum atomic E-state index is -0.340. The number of rotatable bonds is 7. The number of urea groups is 1. The topological polar surface area (TPSA) is 70.4 Å². The van der Waals surface area contributed by atoms with Gasteiger partial charge in [0.1, 0.15) is 5.82 Å². The van der Waals surface area contributed by atoms with Crippen LogP contribution in [0.1, 0.15) is 31.2 Å². The number of imidazole rings is 1. The third-order valence-electron chi connectivity index (χ3n) is 4.66. The van der Waals surface area contributed by atoms with E-state index in [-0.39, 0.29) is 24.0 Å². The predicted molar refractivity (Wildman–Crippen MR) is 98.1 cm³/mol. The molecule has 1 aromatic heterocycles. The van der Waals surface area contributed by atoms with Crippen LogP contribution in [0.5, 0.6) is 0 Å². The Morgan fingerprint density at radius 2 is 2.04 bits per heavy atom. The van der Waals surface area contributed by atoms with E-state index in [1.165, 1.54) is 0 Å². The number of carbonyl (C=O) groups excluding carboxylic acids is 1. The number of aliphatic hydroxyl groups is 1. The molecule has 0 radical (unpaired) electrons. The Labute approximate surface area is 149 Å². The van der Waals surface area contributed by atoms with Crippen molar-refractivity contribution in [3.05, 3.63) is 54.1 Å².